The minimum absolute atomic E-state index is 0.00744. The van der Waals surface area contributed by atoms with Gasteiger partial charge in [-0.3, -0.25) is 4.74 Å². The second-order valence-corrected chi connectivity index (χ2v) is 3.83. The number of halogens is 3. The summed E-state index contributed by atoms with van der Waals surface area (Å²) in [7, 11) is 0. The summed E-state index contributed by atoms with van der Waals surface area (Å²) in [5, 5.41) is 2.99. The third-order valence-electron chi connectivity index (χ3n) is 2.47. The van der Waals surface area contributed by atoms with Crippen LogP contribution in [0.2, 0.25) is 0 Å². The molecule has 0 aliphatic heterocycles. The molecule has 1 aromatic rings. The Hall–Kier alpha value is -1.07. The number of nitrogens with one attached hydrogen (secondary N) is 1. The predicted molar refractivity (Wildman–Crippen MR) is 59.6 cm³/mol. The smallest absolute Gasteiger partial charge is 0.308 e. The Morgan fingerprint density at radius 1 is 1.29 bits per heavy atom. The minimum Gasteiger partial charge on any atom is -0.308 e. The molecule has 0 aliphatic carbocycles. The SMILES string of the molecule is Cc1ccccc1[C@@H](C)NCCOC(F)(F)F. The van der Waals surface area contributed by atoms with Crippen LogP contribution in [0.25, 0.3) is 0 Å². The highest BCUT2D eigenvalue weighted by Gasteiger charge is 2.28. The van der Waals surface area contributed by atoms with Crippen LogP contribution in [0.1, 0.15) is 24.1 Å². The quantitative estimate of drug-likeness (QED) is 0.807. The minimum atomic E-state index is -4.55. The summed E-state index contributed by atoms with van der Waals surface area (Å²) < 4.78 is 38.8. The molecule has 2 nitrogen and oxygen atoms in total. The first kappa shape index (κ1) is 14.0. The van der Waals surface area contributed by atoms with Crippen molar-refractivity contribution in [2.45, 2.75) is 26.3 Å². The highest BCUT2D eigenvalue weighted by atomic mass is 19.4. The van der Waals surface area contributed by atoms with Gasteiger partial charge in [0.25, 0.3) is 0 Å². The molecule has 1 aromatic carbocycles. The fraction of sp³-hybridized carbons (Fsp3) is 0.500. The van der Waals surface area contributed by atoms with Crippen molar-refractivity contribution >= 4 is 0 Å². The maximum atomic E-state index is 11.7. The molecule has 0 saturated heterocycles. The van der Waals surface area contributed by atoms with E-state index in [-0.39, 0.29) is 19.2 Å². The van der Waals surface area contributed by atoms with Gasteiger partial charge in [0.15, 0.2) is 0 Å². The lowest BCUT2D eigenvalue weighted by Gasteiger charge is -2.16. The predicted octanol–water partition coefficient (Wildman–Crippen LogP) is 3.18. The van der Waals surface area contributed by atoms with E-state index < -0.39 is 6.36 Å². The first-order valence-electron chi connectivity index (χ1n) is 5.40. The average Bonchev–Trinajstić information content (AvgIpc) is 2.23. The zero-order valence-electron chi connectivity index (χ0n) is 9.84. The van der Waals surface area contributed by atoms with Crippen LogP contribution in [0, 0.1) is 6.92 Å². The van der Waals surface area contributed by atoms with Crippen molar-refractivity contribution in [2.24, 2.45) is 0 Å². The second-order valence-electron chi connectivity index (χ2n) is 3.83. The van der Waals surface area contributed by atoms with Crippen LogP contribution in [0.3, 0.4) is 0 Å². The lowest BCUT2D eigenvalue weighted by molar-refractivity contribution is -0.323. The van der Waals surface area contributed by atoms with Gasteiger partial charge in [-0.15, -0.1) is 13.2 Å². The van der Waals surface area contributed by atoms with E-state index in [0.29, 0.717) is 0 Å². The Morgan fingerprint density at radius 2 is 1.94 bits per heavy atom. The van der Waals surface area contributed by atoms with Gasteiger partial charge in [0.1, 0.15) is 0 Å². The molecule has 0 radical (unpaired) electrons. The molecule has 0 heterocycles. The molecule has 1 rings (SSSR count). The van der Waals surface area contributed by atoms with Gasteiger partial charge in [-0.1, -0.05) is 24.3 Å². The van der Waals surface area contributed by atoms with Gasteiger partial charge >= 0.3 is 6.36 Å². The largest absolute Gasteiger partial charge is 0.522 e. The van der Waals surface area contributed by atoms with E-state index >= 15 is 0 Å². The van der Waals surface area contributed by atoms with Gasteiger partial charge in [0, 0.05) is 12.6 Å². The highest BCUT2D eigenvalue weighted by Crippen LogP contribution is 2.17. The molecule has 96 valence electrons. The monoisotopic (exact) mass is 247 g/mol. The van der Waals surface area contributed by atoms with Crippen LogP contribution in [0.5, 0.6) is 0 Å². The van der Waals surface area contributed by atoms with Crippen molar-refractivity contribution in [1.29, 1.82) is 0 Å². The first-order valence-corrected chi connectivity index (χ1v) is 5.40. The standard InChI is InChI=1S/C12H16F3NO/c1-9-5-3-4-6-11(9)10(2)16-7-8-17-12(13,14)15/h3-6,10,16H,7-8H2,1-2H3/t10-/m1/s1. The number of aryl methyl sites for hydroxylation is 1. The molecule has 0 aliphatic rings. The van der Waals surface area contributed by atoms with E-state index in [0.717, 1.165) is 11.1 Å². The second kappa shape index (κ2) is 6.02. The summed E-state index contributed by atoms with van der Waals surface area (Å²) in [4.78, 5) is 0. The number of benzene rings is 1. The van der Waals surface area contributed by atoms with Gasteiger partial charge in [-0.25, -0.2) is 0 Å². The molecule has 1 atom stereocenters. The molecule has 17 heavy (non-hydrogen) atoms. The van der Waals surface area contributed by atoms with E-state index in [1.54, 1.807) is 0 Å². The highest BCUT2D eigenvalue weighted by molar-refractivity contribution is 5.28. The van der Waals surface area contributed by atoms with Crippen LogP contribution in [-0.4, -0.2) is 19.5 Å². The molecule has 0 amide bonds. The number of alkyl halides is 3. The van der Waals surface area contributed by atoms with E-state index in [1.807, 2.05) is 38.1 Å². The van der Waals surface area contributed by atoms with E-state index in [4.69, 9.17) is 0 Å². The molecule has 0 fully saturated rings. The number of rotatable bonds is 5. The molecule has 0 aromatic heterocycles. The Bertz CT molecular complexity index is 352. The van der Waals surface area contributed by atoms with Crippen molar-refractivity contribution in [3.63, 3.8) is 0 Å². The van der Waals surface area contributed by atoms with Crippen molar-refractivity contribution in [1.82, 2.24) is 5.32 Å². The zero-order chi connectivity index (χ0) is 12.9. The summed E-state index contributed by atoms with van der Waals surface area (Å²) in [6.07, 6.45) is -4.55. The van der Waals surface area contributed by atoms with Crippen LogP contribution >= 0.6 is 0 Å². The summed E-state index contributed by atoms with van der Waals surface area (Å²) >= 11 is 0. The third kappa shape index (κ3) is 5.19. The lowest BCUT2D eigenvalue weighted by Crippen LogP contribution is -2.26. The Balaban J connectivity index is 2.36. The fourth-order valence-corrected chi connectivity index (χ4v) is 1.62. The van der Waals surface area contributed by atoms with Crippen molar-refractivity contribution in [2.75, 3.05) is 13.2 Å². The van der Waals surface area contributed by atoms with E-state index in [2.05, 4.69) is 10.1 Å². The first-order chi connectivity index (χ1) is 7.90. The molecule has 0 unspecified atom stereocenters. The fourth-order valence-electron chi connectivity index (χ4n) is 1.62. The van der Waals surface area contributed by atoms with Gasteiger partial charge in [-0.05, 0) is 25.0 Å². The maximum absolute atomic E-state index is 11.7. The molecule has 0 spiro atoms. The Kier molecular flexibility index (Phi) is 4.96. The lowest BCUT2D eigenvalue weighted by atomic mass is 10.0. The number of hydrogen-bond acceptors (Lipinski definition) is 2. The van der Waals surface area contributed by atoms with Crippen LogP contribution in [0.4, 0.5) is 13.2 Å². The summed E-state index contributed by atoms with van der Waals surface area (Å²) in [6, 6.07) is 7.77. The summed E-state index contributed by atoms with van der Waals surface area (Å²) in [5.41, 5.74) is 2.20. The van der Waals surface area contributed by atoms with Crippen LogP contribution in [-0.2, 0) is 4.74 Å². The van der Waals surface area contributed by atoms with Crippen molar-refractivity contribution in [3.05, 3.63) is 35.4 Å². The summed E-state index contributed by atoms with van der Waals surface area (Å²) in [5.74, 6) is 0. The van der Waals surface area contributed by atoms with Crippen molar-refractivity contribution < 1.29 is 17.9 Å². The maximum Gasteiger partial charge on any atom is 0.522 e. The third-order valence-corrected chi connectivity index (χ3v) is 2.47. The van der Waals surface area contributed by atoms with E-state index in [9.17, 15) is 13.2 Å². The molecule has 1 N–H and O–H groups in total. The average molecular weight is 247 g/mol. The van der Waals surface area contributed by atoms with Gasteiger partial charge < -0.3 is 5.32 Å². The van der Waals surface area contributed by atoms with Gasteiger partial charge in [-0.2, -0.15) is 0 Å². The van der Waals surface area contributed by atoms with Crippen LogP contribution < -0.4 is 5.32 Å². The number of hydrogen-bond donors (Lipinski definition) is 1. The molecule has 5 heteroatoms. The van der Waals surface area contributed by atoms with Crippen LogP contribution in [0.15, 0.2) is 24.3 Å². The molecule has 0 saturated carbocycles. The topological polar surface area (TPSA) is 21.3 Å². The van der Waals surface area contributed by atoms with Gasteiger partial charge in [0.05, 0.1) is 6.61 Å². The Morgan fingerprint density at radius 3 is 2.53 bits per heavy atom. The molecular formula is C12H16F3NO. The molecule has 0 bridgehead atoms. The molecular weight excluding hydrogens is 231 g/mol. The number of ether oxygens (including phenoxy) is 1. The zero-order valence-corrected chi connectivity index (χ0v) is 9.84. The normalized spacial score (nSPS) is 13.7. The Labute approximate surface area is 98.8 Å². The van der Waals surface area contributed by atoms with Crippen molar-refractivity contribution in [3.8, 4) is 0 Å². The van der Waals surface area contributed by atoms with E-state index in [1.165, 1.54) is 0 Å². The van der Waals surface area contributed by atoms with Gasteiger partial charge in [0.2, 0.25) is 0 Å². The summed E-state index contributed by atoms with van der Waals surface area (Å²) in [6.45, 7) is 3.67.